The van der Waals surface area contributed by atoms with Gasteiger partial charge in [0.15, 0.2) is 6.61 Å². The van der Waals surface area contributed by atoms with Crippen molar-refractivity contribution < 1.29 is 9.26 Å². The first-order valence-electron chi connectivity index (χ1n) is 6.90. The van der Waals surface area contributed by atoms with E-state index in [4.69, 9.17) is 15.0 Å². The van der Waals surface area contributed by atoms with Gasteiger partial charge in [0, 0.05) is 12.5 Å². The number of aromatic nitrogens is 2. The first-order chi connectivity index (χ1) is 9.60. The number of benzene rings is 1. The molecule has 0 spiro atoms. The van der Waals surface area contributed by atoms with Gasteiger partial charge in [0.2, 0.25) is 11.7 Å². The first kappa shape index (κ1) is 14.5. The highest BCUT2D eigenvalue weighted by atomic mass is 16.5. The molecule has 0 radical (unpaired) electrons. The Morgan fingerprint density at radius 1 is 1.40 bits per heavy atom. The highest BCUT2D eigenvalue weighted by molar-refractivity contribution is 5.37. The van der Waals surface area contributed by atoms with Crippen LogP contribution in [0.5, 0.6) is 5.75 Å². The van der Waals surface area contributed by atoms with Gasteiger partial charge in [-0.15, -0.1) is 0 Å². The third kappa shape index (κ3) is 3.57. The summed E-state index contributed by atoms with van der Waals surface area (Å²) in [5, 5.41) is 3.89. The Balaban J connectivity index is 1.99. The van der Waals surface area contributed by atoms with Crippen LogP contribution < -0.4 is 10.5 Å². The average molecular weight is 275 g/mol. The molecule has 1 aromatic heterocycles. The molecule has 0 aliphatic carbocycles. The summed E-state index contributed by atoms with van der Waals surface area (Å²) in [5.41, 5.74) is 8.01. The summed E-state index contributed by atoms with van der Waals surface area (Å²) in [4.78, 5) is 4.27. The number of hydrogen-bond acceptors (Lipinski definition) is 5. The highest BCUT2D eigenvalue weighted by Crippen LogP contribution is 2.22. The van der Waals surface area contributed by atoms with E-state index in [0.717, 1.165) is 29.7 Å². The van der Waals surface area contributed by atoms with Crippen LogP contribution >= 0.6 is 0 Å². The third-order valence-corrected chi connectivity index (χ3v) is 3.06. The molecule has 2 N–H and O–H groups in total. The summed E-state index contributed by atoms with van der Waals surface area (Å²) >= 11 is 0. The minimum absolute atomic E-state index is 0.0246. The number of rotatable bonds is 6. The Morgan fingerprint density at radius 3 is 2.85 bits per heavy atom. The van der Waals surface area contributed by atoms with Gasteiger partial charge in [0.1, 0.15) is 5.75 Å². The van der Waals surface area contributed by atoms with Crippen molar-refractivity contribution >= 4 is 0 Å². The zero-order valence-electron chi connectivity index (χ0n) is 12.2. The molecule has 108 valence electrons. The Hall–Kier alpha value is -1.88. The number of nitrogens with zero attached hydrogens (tertiary/aromatic N) is 2. The summed E-state index contributed by atoms with van der Waals surface area (Å²) < 4.78 is 10.8. The summed E-state index contributed by atoms with van der Waals surface area (Å²) in [6.45, 7) is 6.35. The van der Waals surface area contributed by atoms with Crippen LogP contribution in [0.4, 0.5) is 0 Å². The van der Waals surface area contributed by atoms with Gasteiger partial charge in [-0.3, -0.25) is 0 Å². The van der Waals surface area contributed by atoms with Crippen molar-refractivity contribution in [1.82, 2.24) is 10.1 Å². The normalized spacial score (nSPS) is 12.4. The largest absolute Gasteiger partial charge is 0.485 e. The van der Waals surface area contributed by atoms with Crippen molar-refractivity contribution in [1.29, 1.82) is 0 Å². The van der Waals surface area contributed by atoms with Crippen LogP contribution in [0.1, 0.15) is 49.2 Å². The van der Waals surface area contributed by atoms with E-state index in [0.29, 0.717) is 18.3 Å². The van der Waals surface area contributed by atoms with E-state index >= 15 is 0 Å². The molecule has 0 aliphatic rings. The lowest BCUT2D eigenvalue weighted by Crippen LogP contribution is -2.06. The molecule has 5 heteroatoms. The molecule has 2 aromatic rings. The number of nitrogens with two attached hydrogens (primary N) is 1. The molecular formula is C15H21N3O2. The van der Waals surface area contributed by atoms with E-state index in [1.165, 1.54) is 0 Å². The van der Waals surface area contributed by atoms with Gasteiger partial charge >= 0.3 is 0 Å². The number of aryl methyl sites for hydroxylation is 2. The van der Waals surface area contributed by atoms with Crippen molar-refractivity contribution in [3.63, 3.8) is 0 Å². The SMILES string of the molecule is CCCc1nc(COc2ccc(C(C)N)cc2C)no1. The predicted octanol–water partition coefficient (Wildman–Crippen LogP) is 2.93. The quantitative estimate of drug-likeness (QED) is 0.877. The van der Waals surface area contributed by atoms with Crippen molar-refractivity contribution in [3.05, 3.63) is 41.0 Å². The van der Waals surface area contributed by atoms with E-state index in [1.54, 1.807) is 0 Å². The zero-order valence-corrected chi connectivity index (χ0v) is 12.2. The van der Waals surface area contributed by atoms with Crippen LogP contribution in [-0.2, 0) is 13.0 Å². The van der Waals surface area contributed by atoms with Crippen LogP contribution in [0.25, 0.3) is 0 Å². The second-order valence-electron chi connectivity index (χ2n) is 4.96. The minimum Gasteiger partial charge on any atom is -0.485 e. The fourth-order valence-electron chi connectivity index (χ4n) is 1.92. The van der Waals surface area contributed by atoms with Crippen molar-refractivity contribution in [2.45, 2.75) is 46.3 Å². The van der Waals surface area contributed by atoms with E-state index in [2.05, 4.69) is 17.1 Å². The molecule has 1 atom stereocenters. The maximum atomic E-state index is 5.86. The van der Waals surface area contributed by atoms with E-state index in [1.807, 2.05) is 32.0 Å². The van der Waals surface area contributed by atoms with Crippen LogP contribution in [0.3, 0.4) is 0 Å². The maximum Gasteiger partial charge on any atom is 0.226 e. The monoisotopic (exact) mass is 275 g/mol. The van der Waals surface area contributed by atoms with Crippen LogP contribution in [0.2, 0.25) is 0 Å². The maximum absolute atomic E-state index is 5.86. The number of hydrogen-bond donors (Lipinski definition) is 1. The van der Waals surface area contributed by atoms with Crippen LogP contribution in [0, 0.1) is 6.92 Å². The topological polar surface area (TPSA) is 74.2 Å². The lowest BCUT2D eigenvalue weighted by molar-refractivity contribution is 0.283. The molecule has 1 heterocycles. The minimum atomic E-state index is 0.0246. The average Bonchev–Trinajstić information content (AvgIpc) is 2.85. The van der Waals surface area contributed by atoms with E-state index < -0.39 is 0 Å². The standard InChI is InChI=1S/C15H21N3O2/c1-4-5-15-17-14(18-20-15)9-19-13-7-6-12(11(3)16)8-10(13)2/h6-8,11H,4-5,9,16H2,1-3H3. The molecule has 5 nitrogen and oxygen atoms in total. The Kier molecular flexibility index (Phi) is 4.74. The van der Waals surface area contributed by atoms with Crippen molar-refractivity contribution in [2.75, 3.05) is 0 Å². The molecule has 0 aliphatic heterocycles. The predicted molar refractivity (Wildman–Crippen MR) is 76.4 cm³/mol. The lowest BCUT2D eigenvalue weighted by Gasteiger charge is -2.11. The summed E-state index contributed by atoms with van der Waals surface area (Å²) in [6, 6.07) is 5.97. The van der Waals surface area contributed by atoms with Gasteiger partial charge in [0.05, 0.1) is 0 Å². The fourth-order valence-corrected chi connectivity index (χ4v) is 1.92. The highest BCUT2D eigenvalue weighted by Gasteiger charge is 2.08. The van der Waals surface area contributed by atoms with Gasteiger partial charge in [-0.1, -0.05) is 24.2 Å². The van der Waals surface area contributed by atoms with Gasteiger partial charge in [-0.25, -0.2) is 0 Å². The Morgan fingerprint density at radius 2 is 2.20 bits per heavy atom. The lowest BCUT2D eigenvalue weighted by atomic mass is 10.1. The summed E-state index contributed by atoms with van der Waals surface area (Å²) in [7, 11) is 0. The van der Waals surface area contributed by atoms with Gasteiger partial charge < -0.3 is 15.0 Å². The third-order valence-electron chi connectivity index (χ3n) is 3.06. The Bertz CT molecular complexity index is 564. The van der Waals surface area contributed by atoms with Gasteiger partial charge in [-0.05, 0) is 37.5 Å². The zero-order chi connectivity index (χ0) is 14.5. The van der Waals surface area contributed by atoms with Crippen LogP contribution in [-0.4, -0.2) is 10.1 Å². The molecule has 0 saturated carbocycles. The summed E-state index contributed by atoms with van der Waals surface area (Å²) in [6.07, 6.45) is 1.79. The fraction of sp³-hybridized carbons (Fsp3) is 0.467. The second kappa shape index (κ2) is 6.52. The molecule has 1 unspecified atom stereocenters. The smallest absolute Gasteiger partial charge is 0.226 e. The molecule has 0 saturated heterocycles. The molecule has 20 heavy (non-hydrogen) atoms. The second-order valence-corrected chi connectivity index (χ2v) is 4.96. The summed E-state index contributed by atoms with van der Waals surface area (Å²) in [5.74, 6) is 2.05. The van der Waals surface area contributed by atoms with E-state index in [-0.39, 0.29) is 6.04 Å². The molecular weight excluding hydrogens is 254 g/mol. The Labute approximate surface area is 119 Å². The first-order valence-corrected chi connectivity index (χ1v) is 6.90. The van der Waals surface area contributed by atoms with Crippen molar-refractivity contribution in [2.24, 2.45) is 5.73 Å². The molecule has 0 bridgehead atoms. The van der Waals surface area contributed by atoms with Crippen molar-refractivity contribution in [3.8, 4) is 5.75 Å². The number of ether oxygens (including phenoxy) is 1. The van der Waals surface area contributed by atoms with Gasteiger partial charge in [-0.2, -0.15) is 4.98 Å². The molecule has 0 amide bonds. The van der Waals surface area contributed by atoms with Crippen LogP contribution in [0.15, 0.2) is 22.7 Å². The van der Waals surface area contributed by atoms with Gasteiger partial charge in [0.25, 0.3) is 0 Å². The van der Waals surface area contributed by atoms with E-state index in [9.17, 15) is 0 Å². The molecule has 1 aromatic carbocycles. The molecule has 2 rings (SSSR count). The molecule has 0 fully saturated rings.